The van der Waals surface area contributed by atoms with E-state index < -0.39 is 11.9 Å². The molecule has 1 fully saturated rings. The van der Waals surface area contributed by atoms with Gasteiger partial charge in [0.25, 0.3) is 5.91 Å². The van der Waals surface area contributed by atoms with Crippen LogP contribution < -0.4 is 0 Å². The summed E-state index contributed by atoms with van der Waals surface area (Å²) >= 11 is 1.43. The van der Waals surface area contributed by atoms with E-state index >= 15 is 0 Å². The van der Waals surface area contributed by atoms with E-state index in [1.165, 1.54) is 11.3 Å². The molecular weight excluding hydrogens is 300 g/mol. The number of nitrogens with zero attached hydrogens (tertiary/aromatic N) is 2. The molecular formula is C16H16N2O3S. The fourth-order valence-electron chi connectivity index (χ4n) is 2.61. The molecule has 1 amide bonds. The molecule has 0 aliphatic carbocycles. The summed E-state index contributed by atoms with van der Waals surface area (Å²) in [5.41, 5.74) is 1.38. The molecule has 1 aliphatic rings. The van der Waals surface area contributed by atoms with Crippen molar-refractivity contribution in [2.24, 2.45) is 5.92 Å². The largest absolute Gasteiger partial charge is 0.481 e. The third kappa shape index (κ3) is 3.01. The SMILES string of the molecule is O=C(O)[C@H]1CCCN(C(=O)c2csc(-c3ccccc3)n2)C1. The highest BCUT2D eigenvalue weighted by Crippen LogP contribution is 2.25. The number of aromatic nitrogens is 1. The molecule has 1 aliphatic heterocycles. The summed E-state index contributed by atoms with van der Waals surface area (Å²) in [4.78, 5) is 29.6. The Bertz CT molecular complexity index is 684. The molecule has 6 heteroatoms. The Morgan fingerprint density at radius 2 is 2.05 bits per heavy atom. The summed E-state index contributed by atoms with van der Waals surface area (Å²) in [5.74, 6) is -1.48. The Morgan fingerprint density at radius 3 is 2.77 bits per heavy atom. The van der Waals surface area contributed by atoms with Gasteiger partial charge in [0.2, 0.25) is 0 Å². The highest BCUT2D eigenvalue weighted by Gasteiger charge is 2.29. The first kappa shape index (κ1) is 14.7. The van der Waals surface area contributed by atoms with Crippen molar-refractivity contribution in [3.8, 4) is 10.6 Å². The quantitative estimate of drug-likeness (QED) is 0.945. The molecule has 5 nitrogen and oxygen atoms in total. The Kier molecular flexibility index (Phi) is 4.20. The Morgan fingerprint density at radius 1 is 1.27 bits per heavy atom. The van der Waals surface area contributed by atoms with Crippen LogP contribution in [0, 0.1) is 5.92 Å². The maximum Gasteiger partial charge on any atom is 0.308 e. The number of piperidine rings is 1. The number of carbonyl (C=O) groups is 2. The summed E-state index contributed by atoms with van der Waals surface area (Å²) in [6.07, 6.45) is 1.35. The minimum absolute atomic E-state index is 0.176. The third-order valence-electron chi connectivity index (χ3n) is 3.80. The van der Waals surface area contributed by atoms with Crippen molar-refractivity contribution in [2.75, 3.05) is 13.1 Å². The smallest absolute Gasteiger partial charge is 0.308 e. The van der Waals surface area contributed by atoms with E-state index in [0.29, 0.717) is 18.7 Å². The Labute approximate surface area is 132 Å². The second-order valence-electron chi connectivity index (χ2n) is 5.33. The summed E-state index contributed by atoms with van der Waals surface area (Å²) in [6, 6.07) is 9.70. The van der Waals surface area contributed by atoms with E-state index in [2.05, 4.69) is 4.98 Å². The minimum Gasteiger partial charge on any atom is -0.481 e. The summed E-state index contributed by atoms with van der Waals surface area (Å²) in [7, 11) is 0. The van der Waals surface area contributed by atoms with Crippen LogP contribution in [-0.4, -0.2) is 40.0 Å². The normalized spacial score (nSPS) is 18.2. The monoisotopic (exact) mass is 316 g/mol. The number of amides is 1. The van der Waals surface area contributed by atoms with Gasteiger partial charge in [-0.3, -0.25) is 9.59 Å². The van der Waals surface area contributed by atoms with Gasteiger partial charge in [0, 0.05) is 24.0 Å². The van der Waals surface area contributed by atoms with Crippen molar-refractivity contribution in [3.63, 3.8) is 0 Å². The second kappa shape index (κ2) is 6.27. The van der Waals surface area contributed by atoms with Crippen molar-refractivity contribution >= 4 is 23.2 Å². The van der Waals surface area contributed by atoms with Gasteiger partial charge in [0.15, 0.2) is 0 Å². The molecule has 1 aromatic carbocycles. The van der Waals surface area contributed by atoms with Crippen molar-refractivity contribution in [3.05, 3.63) is 41.4 Å². The number of hydrogen-bond donors (Lipinski definition) is 1. The molecule has 2 aromatic rings. The lowest BCUT2D eigenvalue weighted by molar-refractivity contribution is -0.143. The average Bonchev–Trinajstić information content (AvgIpc) is 3.05. The van der Waals surface area contributed by atoms with E-state index in [1.54, 1.807) is 10.3 Å². The molecule has 0 bridgehead atoms. The van der Waals surface area contributed by atoms with Crippen LogP contribution in [0.2, 0.25) is 0 Å². The number of aliphatic carboxylic acids is 1. The van der Waals surface area contributed by atoms with Gasteiger partial charge in [-0.1, -0.05) is 30.3 Å². The molecule has 1 atom stereocenters. The number of benzene rings is 1. The zero-order chi connectivity index (χ0) is 15.5. The van der Waals surface area contributed by atoms with Crippen molar-refractivity contribution < 1.29 is 14.7 Å². The van der Waals surface area contributed by atoms with Gasteiger partial charge in [-0.25, -0.2) is 4.98 Å². The van der Waals surface area contributed by atoms with Crippen LogP contribution in [0.4, 0.5) is 0 Å². The highest BCUT2D eigenvalue weighted by molar-refractivity contribution is 7.13. The van der Waals surface area contributed by atoms with Crippen LogP contribution in [0.25, 0.3) is 10.6 Å². The van der Waals surface area contributed by atoms with Crippen LogP contribution in [0.3, 0.4) is 0 Å². The van der Waals surface area contributed by atoms with Crippen molar-refractivity contribution in [2.45, 2.75) is 12.8 Å². The number of carboxylic acid groups (broad SMARTS) is 1. The third-order valence-corrected chi connectivity index (χ3v) is 4.69. The number of carboxylic acids is 1. The number of likely N-dealkylation sites (tertiary alicyclic amines) is 1. The molecule has 3 rings (SSSR count). The second-order valence-corrected chi connectivity index (χ2v) is 6.19. The summed E-state index contributed by atoms with van der Waals surface area (Å²) in [6.45, 7) is 0.868. The van der Waals surface area contributed by atoms with Gasteiger partial charge < -0.3 is 10.0 Å². The molecule has 0 radical (unpaired) electrons. The van der Waals surface area contributed by atoms with E-state index in [9.17, 15) is 9.59 Å². The maximum absolute atomic E-state index is 12.5. The molecule has 1 N–H and O–H groups in total. The highest BCUT2D eigenvalue weighted by atomic mass is 32.1. The fourth-order valence-corrected chi connectivity index (χ4v) is 3.41. The Hall–Kier alpha value is -2.21. The summed E-state index contributed by atoms with van der Waals surface area (Å²) < 4.78 is 0. The first-order chi connectivity index (χ1) is 10.6. The fraction of sp³-hybridized carbons (Fsp3) is 0.312. The molecule has 1 saturated heterocycles. The first-order valence-corrected chi connectivity index (χ1v) is 8.06. The van der Waals surface area contributed by atoms with Gasteiger partial charge >= 0.3 is 5.97 Å². The number of hydrogen-bond acceptors (Lipinski definition) is 4. The molecule has 1 aromatic heterocycles. The number of rotatable bonds is 3. The molecule has 114 valence electrons. The summed E-state index contributed by atoms with van der Waals surface area (Å²) in [5, 5.41) is 11.7. The van der Waals surface area contributed by atoms with Crippen LogP contribution in [-0.2, 0) is 4.79 Å². The van der Waals surface area contributed by atoms with E-state index in [4.69, 9.17) is 5.11 Å². The minimum atomic E-state index is -0.833. The molecule has 0 spiro atoms. The van der Waals surface area contributed by atoms with E-state index in [1.807, 2.05) is 30.3 Å². The van der Waals surface area contributed by atoms with Crippen LogP contribution in [0.15, 0.2) is 35.7 Å². The topological polar surface area (TPSA) is 70.5 Å². The van der Waals surface area contributed by atoms with Gasteiger partial charge in [-0.2, -0.15) is 0 Å². The first-order valence-electron chi connectivity index (χ1n) is 7.18. The number of thiazole rings is 1. The van der Waals surface area contributed by atoms with E-state index in [0.717, 1.165) is 17.0 Å². The van der Waals surface area contributed by atoms with Crippen molar-refractivity contribution in [1.82, 2.24) is 9.88 Å². The van der Waals surface area contributed by atoms with Crippen LogP contribution in [0.5, 0.6) is 0 Å². The lowest BCUT2D eigenvalue weighted by atomic mass is 9.98. The number of carbonyl (C=O) groups excluding carboxylic acids is 1. The van der Waals surface area contributed by atoms with Gasteiger partial charge in [0.05, 0.1) is 5.92 Å². The molecule has 22 heavy (non-hydrogen) atoms. The Balaban J connectivity index is 1.76. The molecule has 0 unspecified atom stereocenters. The molecule has 2 heterocycles. The van der Waals surface area contributed by atoms with Crippen LogP contribution in [0.1, 0.15) is 23.3 Å². The zero-order valence-electron chi connectivity index (χ0n) is 11.9. The van der Waals surface area contributed by atoms with Crippen LogP contribution >= 0.6 is 11.3 Å². The predicted molar refractivity (Wildman–Crippen MR) is 83.8 cm³/mol. The van der Waals surface area contributed by atoms with Gasteiger partial charge in [-0.15, -0.1) is 11.3 Å². The average molecular weight is 316 g/mol. The lowest BCUT2D eigenvalue weighted by Crippen LogP contribution is -2.42. The predicted octanol–water partition coefficient (Wildman–Crippen LogP) is 2.75. The molecule has 0 saturated carbocycles. The lowest BCUT2D eigenvalue weighted by Gasteiger charge is -2.30. The standard InChI is InChI=1S/C16H16N2O3S/c19-15(18-8-4-7-12(9-18)16(20)21)13-10-22-14(17-13)11-5-2-1-3-6-11/h1-3,5-6,10,12H,4,7-9H2,(H,20,21)/t12-/m0/s1. The van der Waals surface area contributed by atoms with Crippen molar-refractivity contribution in [1.29, 1.82) is 0 Å². The van der Waals surface area contributed by atoms with Gasteiger partial charge in [0.1, 0.15) is 10.7 Å². The van der Waals surface area contributed by atoms with E-state index in [-0.39, 0.29) is 12.5 Å². The maximum atomic E-state index is 12.5. The van der Waals surface area contributed by atoms with Gasteiger partial charge in [-0.05, 0) is 12.8 Å². The zero-order valence-corrected chi connectivity index (χ0v) is 12.8.